The monoisotopic (exact) mass is 378 g/mol. The highest BCUT2D eigenvalue weighted by Gasteiger charge is 2.44. The average Bonchev–Trinajstić information content (AvgIpc) is 2.26. The first-order chi connectivity index (χ1) is 8.12. The van der Waals surface area contributed by atoms with E-state index in [-0.39, 0.29) is 5.41 Å². The van der Waals surface area contributed by atoms with E-state index in [4.69, 9.17) is 0 Å². The molecule has 1 saturated carbocycles. The lowest BCUT2D eigenvalue weighted by Crippen LogP contribution is -2.43. The molecule has 0 amide bonds. The number of halogens is 2. The molecule has 0 aromatic rings. The summed E-state index contributed by atoms with van der Waals surface area (Å²) in [5, 5.41) is 10.1. The van der Waals surface area contributed by atoms with Crippen molar-refractivity contribution in [1.29, 1.82) is 0 Å². The van der Waals surface area contributed by atoms with Crippen LogP contribution in [0.1, 0.15) is 40.0 Å². The average molecular weight is 380 g/mol. The Hall–Kier alpha value is 0.400. The fourth-order valence-electron chi connectivity index (χ4n) is 2.65. The second-order valence-electron chi connectivity index (χ2n) is 6.22. The van der Waals surface area contributed by atoms with Crippen molar-refractivity contribution >= 4 is 31.9 Å². The van der Waals surface area contributed by atoms with Crippen LogP contribution in [0.3, 0.4) is 0 Å². The zero-order chi connectivity index (χ0) is 14.1. The third-order valence-corrected chi connectivity index (χ3v) is 6.86. The first-order valence-corrected chi connectivity index (χ1v) is 8.27. The van der Waals surface area contributed by atoms with Crippen molar-refractivity contribution in [1.82, 2.24) is 0 Å². The molecule has 1 aliphatic rings. The Morgan fingerprint density at radius 3 is 2.56 bits per heavy atom. The van der Waals surface area contributed by atoms with Crippen LogP contribution in [-0.4, -0.2) is 20.4 Å². The van der Waals surface area contributed by atoms with Gasteiger partial charge < -0.3 is 5.11 Å². The topological polar surface area (TPSA) is 20.2 Å². The minimum Gasteiger partial charge on any atom is -0.386 e. The summed E-state index contributed by atoms with van der Waals surface area (Å²) in [5.41, 5.74) is 0.645. The fourth-order valence-corrected chi connectivity index (χ4v) is 4.53. The maximum Gasteiger partial charge on any atom is 0.0797 e. The van der Waals surface area contributed by atoms with Gasteiger partial charge in [0.15, 0.2) is 0 Å². The van der Waals surface area contributed by atoms with Gasteiger partial charge in [0.05, 0.1) is 5.60 Å². The molecule has 0 heterocycles. The summed E-state index contributed by atoms with van der Waals surface area (Å²) >= 11 is 7.51. The molecular weight excluding hydrogens is 356 g/mol. The SMILES string of the molecule is C=CC(C)(O)CCC1C(=C)[C@H](Br)CC(Br)C1(C)C. The van der Waals surface area contributed by atoms with Crippen molar-refractivity contribution in [3.8, 4) is 0 Å². The molecule has 1 nitrogen and oxygen atoms in total. The lowest BCUT2D eigenvalue weighted by atomic mass is 9.64. The minimum atomic E-state index is -0.780. The second-order valence-corrected chi connectivity index (χ2v) is 8.43. The van der Waals surface area contributed by atoms with Gasteiger partial charge in [-0.2, -0.15) is 0 Å². The largest absolute Gasteiger partial charge is 0.386 e. The maximum absolute atomic E-state index is 10.1. The summed E-state index contributed by atoms with van der Waals surface area (Å²) < 4.78 is 0. The molecule has 3 unspecified atom stereocenters. The Bertz CT molecular complexity index is 333. The van der Waals surface area contributed by atoms with Crippen molar-refractivity contribution in [3.63, 3.8) is 0 Å². The highest BCUT2D eigenvalue weighted by atomic mass is 79.9. The lowest BCUT2D eigenvalue weighted by Gasteiger charge is -2.47. The summed E-state index contributed by atoms with van der Waals surface area (Å²) in [5.74, 6) is 0.409. The molecule has 104 valence electrons. The molecule has 3 heteroatoms. The molecule has 18 heavy (non-hydrogen) atoms. The number of allylic oxidation sites excluding steroid dienone is 1. The molecule has 1 fully saturated rings. The van der Waals surface area contributed by atoms with Crippen LogP contribution in [0.15, 0.2) is 24.8 Å². The molecule has 1 aliphatic carbocycles. The molecule has 0 aliphatic heterocycles. The summed E-state index contributed by atoms with van der Waals surface area (Å²) in [6.07, 6.45) is 4.36. The number of rotatable bonds is 4. The lowest BCUT2D eigenvalue weighted by molar-refractivity contribution is 0.0818. The van der Waals surface area contributed by atoms with Crippen molar-refractivity contribution < 1.29 is 5.11 Å². The molecule has 0 radical (unpaired) electrons. The molecular formula is C15H24Br2O. The fraction of sp³-hybridized carbons (Fsp3) is 0.733. The standard InChI is InChI=1S/C15H24Br2O/c1-6-15(5,18)8-7-11-10(2)12(16)9-13(17)14(11,3)4/h6,11-13,18H,1-2,7-9H2,3-5H3/t11?,12-,13?,15?/m1/s1. The highest BCUT2D eigenvalue weighted by molar-refractivity contribution is 9.10. The zero-order valence-electron chi connectivity index (χ0n) is 11.5. The molecule has 0 saturated heterocycles. The van der Waals surface area contributed by atoms with Gasteiger partial charge in [0.25, 0.3) is 0 Å². The van der Waals surface area contributed by atoms with E-state index in [1.807, 2.05) is 6.92 Å². The van der Waals surface area contributed by atoms with Crippen LogP contribution >= 0.6 is 31.9 Å². The molecule has 4 atom stereocenters. The molecule has 0 aromatic heterocycles. The first kappa shape index (κ1) is 16.5. The van der Waals surface area contributed by atoms with E-state index in [1.54, 1.807) is 6.08 Å². The Kier molecular flexibility index (Phi) is 5.30. The minimum absolute atomic E-state index is 0.165. The van der Waals surface area contributed by atoms with Crippen LogP contribution in [0.25, 0.3) is 0 Å². The van der Waals surface area contributed by atoms with Gasteiger partial charge in [-0.3, -0.25) is 0 Å². The number of hydrogen-bond donors (Lipinski definition) is 1. The summed E-state index contributed by atoms with van der Waals surface area (Å²) in [4.78, 5) is 0.840. The second kappa shape index (κ2) is 5.80. The quantitative estimate of drug-likeness (QED) is 0.547. The summed E-state index contributed by atoms with van der Waals surface area (Å²) in [6.45, 7) is 14.3. The third kappa shape index (κ3) is 3.49. The normalized spacial score (nSPS) is 35.0. The van der Waals surface area contributed by atoms with E-state index in [0.717, 1.165) is 19.3 Å². The third-order valence-electron chi connectivity index (χ3n) is 4.35. The van der Waals surface area contributed by atoms with Crippen LogP contribution in [0, 0.1) is 11.3 Å². The van der Waals surface area contributed by atoms with Crippen LogP contribution in [0.5, 0.6) is 0 Å². The van der Waals surface area contributed by atoms with Crippen molar-refractivity contribution in [2.45, 2.75) is 55.3 Å². The van der Waals surface area contributed by atoms with Gasteiger partial charge in [-0.05, 0) is 37.5 Å². The number of alkyl halides is 2. The maximum atomic E-state index is 10.1. The Balaban J connectivity index is 2.82. The number of aliphatic hydroxyl groups is 1. The van der Waals surface area contributed by atoms with Crippen molar-refractivity contribution in [3.05, 3.63) is 24.8 Å². The van der Waals surface area contributed by atoms with E-state index >= 15 is 0 Å². The summed E-state index contributed by atoms with van der Waals surface area (Å²) in [7, 11) is 0. The molecule has 0 spiro atoms. The van der Waals surface area contributed by atoms with Gasteiger partial charge in [-0.25, -0.2) is 0 Å². The molecule has 0 bridgehead atoms. The van der Waals surface area contributed by atoms with Crippen LogP contribution in [0.4, 0.5) is 0 Å². The van der Waals surface area contributed by atoms with Gasteiger partial charge in [-0.15, -0.1) is 6.58 Å². The van der Waals surface area contributed by atoms with Crippen molar-refractivity contribution in [2.24, 2.45) is 11.3 Å². The Labute approximate surface area is 128 Å². The predicted octanol–water partition coefficient (Wildman–Crippen LogP) is 4.83. The van der Waals surface area contributed by atoms with Gasteiger partial charge in [0.2, 0.25) is 0 Å². The van der Waals surface area contributed by atoms with Crippen LogP contribution in [-0.2, 0) is 0 Å². The Morgan fingerprint density at radius 2 is 2.06 bits per heavy atom. The molecule has 1 N–H and O–H groups in total. The van der Waals surface area contributed by atoms with Crippen LogP contribution in [0.2, 0.25) is 0 Å². The van der Waals surface area contributed by atoms with Crippen molar-refractivity contribution in [2.75, 3.05) is 0 Å². The van der Waals surface area contributed by atoms with E-state index in [1.165, 1.54) is 5.57 Å². The van der Waals surface area contributed by atoms with Gasteiger partial charge in [0, 0.05) is 9.65 Å². The predicted molar refractivity (Wildman–Crippen MR) is 86.5 cm³/mol. The zero-order valence-corrected chi connectivity index (χ0v) is 14.7. The molecule has 1 rings (SSSR count). The van der Waals surface area contributed by atoms with Gasteiger partial charge >= 0.3 is 0 Å². The van der Waals surface area contributed by atoms with Crippen LogP contribution < -0.4 is 0 Å². The summed E-state index contributed by atoms with van der Waals surface area (Å²) in [6, 6.07) is 0. The van der Waals surface area contributed by atoms with E-state index in [9.17, 15) is 5.11 Å². The van der Waals surface area contributed by atoms with E-state index < -0.39 is 5.60 Å². The molecule has 0 aromatic carbocycles. The van der Waals surface area contributed by atoms with Gasteiger partial charge in [-0.1, -0.05) is 63.9 Å². The Morgan fingerprint density at radius 1 is 1.50 bits per heavy atom. The highest BCUT2D eigenvalue weighted by Crippen LogP contribution is 2.50. The number of hydrogen-bond acceptors (Lipinski definition) is 1. The van der Waals surface area contributed by atoms with E-state index in [2.05, 4.69) is 58.9 Å². The van der Waals surface area contributed by atoms with Gasteiger partial charge in [0.1, 0.15) is 0 Å². The van der Waals surface area contributed by atoms with E-state index in [0.29, 0.717) is 15.6 Å². The first-order valence-electron chi connectivity index (χ1n) is 6.44. The smallest absolute Gasteiger partial charge is 0.0797 e.